The van der Waals surface area contributed by atoms with Gasteiger partial charge in [0.25, 0.3) is 5.91 Å². The summed E-state index contributed by atoms with van der Waals surface area (Å²) in [6.45, 7) is 2.01. The fourth-order valence-electron chi connectivity index (χ4n) is 2.81. The lowest BCUT2D eigenvalue weighted by Crippen LogP contribution is -2.32. The highest BCUT2D eigenvalue weighted by molar-refractivity contribution is 7.98. The molecular weight excluding hydrogens is 336 g/mol. The van der Waals surface area contributed by atoms with Crippen LogP contribution in [0.4, 0.5) is 0 Å². The second kappa shape index (κ2) is 8.76. The zero-order valence-corrected chi connectivity index (χ0v) is 14.9. The molecule has 1 N–H and O–H groups in total. The predicted octanol–water partition coefficient (Wildman–Crippen LogP) is 3.31. The summed E-state index contributed by atoms with van der Waals surface area (Å²) in [7, 11) is 0. The van der Waals surface area contributed by atoms with E-state index in [0.717, 1.165) is 36.4 Å². The maximum Gasteiger partial charge on any atom is 0.287 e. The van der Waals surface area contributed by atoms with E-state index >= 15 is 0 Å². The molecule has 25 heavy (non-hydrogen) atoms. The maximum atomic E-state index is 12.3. The van der Waals surface area contributed by atoms with E-state index in [1.54, 1.807) is 11.8 Å². The summed E-state index contributed by atoms with van der Waals surface area (Å²) < 4.78 is 5.35. The second-order valence-electron chi connectivity index (χ2n) is 5.97. The van der Waals surface area contributed by atoms with Crippen molar-refractivity contribution in [1.82, 2.24) is 10.2 Å². The van der Waals surface area contributed by atoms with E-state index in [0.29, 0.717) is 24.5 Å². The molecule has 1 aromatic carbocycles. The zero-order chi connectivity index (χ0) is 17.5. The molecule has 1 fully saturated rings. The maximum absolute atomic E-state index is 12.3. The van der Waals surface area contributed by atoms with E-state index < -0.39 is 0 Å². The third-order valence-corrected chi connectivity index (χ3v) is 5.23. The number of furan rings is 1. The number of hydrogen-bond donors (Lipinski definition) is 1. The predicted molar refractivity (Wildman–Crippen MR) is 97.5 cm³/mol. The third kappa shape index (κ3) is 4.89. The first-order valence-electron chi connectivity index (χ1n) is 8.54. The van der Waals surface area contributed by atoms with Crippen molar-refractivity contribution in [3.05, 3.63) is 54.0 Å². The van der Waals surface area contributed by atoms with Crippen LogP contribution in [-0.4, -0.2) is 36.3 Å². The highest BCUT2D eigenvalue weighted by atomic mass is 32.2. The van der Waals surface area contributed by atoms with Crippen LogP contribution in [0, 0.1) is 0 Å². The van der Waals surface area contributed by atoms with Gasteiger partial charge in [0, 0.05) is 42.3 Å². The van der Waals surface area contributed by atoms with E-state index in [-0.39, 0.29) is 11.8 Å². The Hall–Kier alpha value is -2.21. The van der Waals surface area contributed by atoms with Crippen molar-refractivity contribution in [2.24, 2.45) is 0 Å². The van der Waals surface area contributed by atoms with Gasteiger partial charge in [-0.15, -0.1) is 11.8 Å². The molecule has 0 bridgehead atoms. The van der Waals surface area contributed by atoms with E-state index in [9.17, 15) is 9.59 Å². The first-order chi connectivity index (χ1) is 12.2. The fourth-order valence-corrected chi connectivity index (χ4v) is 3.71. The average Bonchev–Trinajstić information content (AvgIpc) is 3.32. The number of rotatable bonds is 7. The van der Waals surface area contributed by atoms with Crippen molar-refractivity contribution in [3.8, 4) is 0 Å². The number of benzene rings is 1. The molecule has 2 aromatic rings. The van der Waals surface area contributed by atoms with E-state index in [1.165, 1.54) is 6.26 Å². The number of nitrogens with one attached hydrogen (secondary N) is 1. The Bertz CT molecular complexity index is 708. The molecular formula is C19H22N2O3S. The fraction of sp³-hybridized carbons (Fsp3) is 0.368. The minimum Gasteiger partial charge on any atom is -0.459 e. The Morgan fingerprint density at radius 1 is 1.12 bits per heavy atom. The number of carbonyl (C=O) groups excluding carboxylic acids is 2. The number of hydrogen-bond acceptors (Lipinski definition) is 4. The highest BCUT2D eigenvalue weighted by Gasteiger charge is 2.19. The molecule has 3 rings (SSSR count). The van der Waals surface area contributed by atoms with Crippen LogP contribution in [0.15, 0.2) is 52.0 Å². The normalized spacial score (nSPS) is 13.8. The van der Waals surface area contributed by atoms with Crippen LogP contribution in [0.2, 0.25) is 0 Å². The minimum absolute atomic E-state index is 0.108. The molecule has 0 atom stereocenters. The molecule has 6 heteroatoms. The van der Waals surface area contributed by atoms with Gasteiger partial charge in [-0.05, 0) is 31.0 Å². The van der Waals surface area contributed by atoms with Gasteiger partial charge in [0.15, 0.2) is 5.76 Å². The Morgan fingerprint density at radius 2 is 1.88 bits per heavy atom. The molecule has 5 nitrogen and oxygen atoms in total. The van der Waals surface area contributed by atoms with Crippen LogP contribution in [0.25, 0.3) is 0 Å². The number of thioether (sulfide) groups is 1. The van der Waals surface area contributed by atoms with Gasteiger partial charge < -0.3 is 14.6 Å². The standard InChI is InChI=1S/C19H22N2O3S/c22-17(21-11-4-5-12-21)8-10-20-19(23)18-15(9-13-24-18)14-25-16-6-2-1-3-7-16/h1-3,6-7,9,13H,4-5,8,10-12,14H2,(H,20,23). The van der Waals surface area contributed by atoms with E-state index in [1.807, 2.05) is 41.3 Å². The Labute approximate surface area is 151 Å². The molecule has 2 amide bonds. The zero-order valence-electron chi connectivity index (χ0n) is 14.1. The van der Waals surface area contributed by atoms with Gasteiger partial charge in [-0.25, -0.2) is 0 Å². The number of amides is 2. The molecule has 1 saturated heterocycles. The summed E-state index contributed by atoms with van der Waals surface area (Å²) >= 11 is 1.65. The van der Waals surface area contributed by atoms with Gasteiger partial charge in [-0.1, -0.05) is 18.2 Å². The van der Waals surface area contributed by atoms with Gasteiger partial charge in [0.05, 0.1) is 6.26 Å². The average molecular weight is 358 g/mol. The van der Waals surface area contributed by atoms with Crippen molar-refractivity contribution in [2.75, 3.05) is 19.6 Å². The van der Waals surface area contributed by atoms with Crippen LogP contribution in [0.5, 0.6) is 0 Å². The number of likely N-dealkylation sites (tertiary alicyclic amines) is 1. The molecule has 0 aliphatic carbocycles. The van der Waals surface area contributed by atoms with Crippen molar-refractivity contribution >= 4 is 23.6 Å². The first-order valence-corrected chi connectivity index (χ1v) is 9.53. The summed E-state index contributed by atoms with van der Waals surface area (Å²) in [5.41, 5.74) is 0.859. The molecule has 0 radical (unpaired) electrons. The van der Waals surface area contributed by atoms with Gasteiger partial charge in [-0.3, -0.25) is 9.59 Å². The molecule has 0 saturated carbocycles. The lowest BCUT2D eigenvalue weighted by Gasteiger charge is -2.15. The van der Waals surface area contributed by atoms with Gasteiger partial charge in [0.2, 0.25) is 5.91 Å². The Morgan fingerprint density at radius 3 is 2.64 bits per heavy atom. The first kappa shape index (κ1) is 17.6. The van der Waals surface area contributed by atoms with Crippen LogP contribution >= 0.6 is 11.8 Å². The molecule has 1 aliphatic rings. The smallest absolute Gasteiger partial charge is 0.287 e. The van der Waals surface area contributed by atoms with Crippen molar-refractivity contribution in [3.63, 3.8) is 0 Å². The molecule has 0 spiro atoms. The van der Waals surface area contributed by atoms with Crippen molar-refractivity contribution in [1.29, 1.82) is 0 Å². The quantitative estimate of drug-likeness (QED) is 0.771. The number of nitrogens with zero attached hydrogens (tertiary/aromatic N) is 1. The van der Waals surface area contributed by atoms with Gasteiger partial charge in [-0.2, -0.15) is 0 Å². The largest absolute Gasteiger partial charge is 0.459 e. The van der Waals surface area contributed by atoms with Gasteiger partial charge in [0.1, 0.15) is 0 Å². The van der Waals surface area contributed by atoms with Crippen LogP contribution in [0.3, 0.4) is 0 Å². The van der Waals surface area contributed by atoms with Crippen LogP contribution in [-0.2, 0) is 10.5 Å². The van der Waals surface area contributed by atoms with Crippen LogP contribution < -0.4 is 5.32 Å². The SMILES string of the molecule is O=C(NCCC(=O)N1CCCC1)c1occc1CSc1ccccc1. The molecule has 1 aliphatic heterocycles. The molecule has 2 heterocycles. The topological polar surface area (TPSA) is 62.6 Å². The summed E-state index contributed by atoms with van der Waals surface area (Å²) in [5, 5.41) is 2.79. The highest BCUT2D eigenvalue weighted by Crippen LogP contribution is 2.24. The molecule has 1 aromatic heterocycles. The van der Waals surface area contributed by atoms with E-state index in [2.05, 4.69) is 5.32 Å². The lowest BCUT2D eigenvalue weighted by atomic mass is 10.2. The summed E-state index contributed by atoms with van der Waals surface area (Å²) in [6, 6.07) is 11.8. The summed E-state index contributed by atoms with van der Waals surface area (Å²) in [4.78, 5) is 27.3. The summed E-state index contributed by atoms with van der Waals surface area (Å²) in [6.07, 6.45) is 4.02. The number of carbonyl (C=O) groups is 2. The minimum atomic E-state index is -0.261. The Balaban J connectivity index is 1.47. The summed E-state index contributed by atoms with van der Waals surface area (Å²) in [5.74, 6) is 0.840. The third-order valence-electron chi connectivity index (χ3n) is 4.17. The monoisotopic (exact) mass is 358 g/mol. The second-order valence-corrected chi connectivity index (χ2v) is 7.02. The van der Waals surface area contributed by atoms with Crippen molar-refractivity contribution < 1.29 is 14.0 Å². The molecule has 132 valence electrons. The Kier molecular flexibility index (Phi) is 6.17. The lowest BCUT2D eigenvalue weighted by molar-refractivity contribution is -0.129. The van der Waals surface area contributed by atoms with Crippen LogP contribution in [0.1, 0.15) is 35.4 Å². The van der Waals surface area contributed by atoms with Crippen molar-refractivity contribution in [2.45, 2.75) is 29.9 Å². The van der Waals surface area contributed by atoms with Gasteiger partial charge >= 0.3 is 0 Å². The molecule has 0 unspecified atom stereocenters. The van der Waals surface area contributed by atoms with E-state index in [4.69, 9.17) is 4.42 Å².